The lowest BCUT2D eigenvalue weighted by atomic mass is 10.2. The van der Waals surface area contributed by atoms with Crippen LogP contribution >= 0.6 is 0 Å². The molecule has 0 spiro atoms. The zero-order valence-corrected chi connectivity index (χ0v) is 8.79. The molecule has 0 radical (unpaired) electrons. The fourth-order valence-corrected chi connectivity index (χ4v) is 1.92. The summed E-state index contributed by atoms with van der Waals surface area (Å²) in [5.74, 6) is 2.43. The van der Waals surface area contributed by atoms with Crippen molar-refractivity contribution in [2.75, 3.05) is 5.32 Å². The SMILES string of the molecule is CC1CC1c1cc(NC(=O)C2CC2)n[nH]1. The van der Waals surface area contributed by atoms with Crippen molar-refractivity contribution in [1.82, 2.24) is 10.2 Å². The Hall–Kier alpha value is -1.32. The molecule has 2 aliphatic rings. The Balaban J connectivity index is 1.65. The highest BCUT2D eigenvalue weighted by Crippen LogP contribution is 2.46. The van der Waals surface area contributed by atoms with Crippen LogP contribution in [0.15, 0.2) is 6.07 Å². The number of nitrogens with zero attached hydrogens (tertiary/aromatic N) is 1. The molecule has 2 aliphatic carbocycles. The van der Waals surface area contributed by atoms with Crippen LogP contribution in [0.1, 0.15) is 37.8 Å². The summed E-state index contributed by atoms with van der Waals surface area (Å²) >= 11 is 0. The van der Waals surface area contributed by atoms with Crippen LogP contribution in [0.2, 0.25) is 0 Å². The van der Waals surface area contributed by atoms with Crippen molar-refractivity contribution in [3.63, 3.8) is 0 Å². The van der Waals surface area contributed by atoms with Gasteiger partial charge in [-0.15, -0.1) is 0 Å². The fraction of sp³-hybridized carbons (Fsp3) is 0.636. The van der Waals surface area contributed by atoms with Crippen LogP contribution in [0, 0.1) is 11.8 Å². The Bertz CT molecular complexity index is 394. The highest BCUT2D eigenvalue weighted by Gasteiger charge is 2.36. The highest BCUT2D eigenvalue weighted by atomic mass is 16.2. The lowest BCUT2D eigenvalue weighted by Gasteiger charge is -1.97. The maximum absolute atomic E-state index is 11.5. The zero-order valence-electron chi connectivity index (χ0n) is 8.79. The first-order valence-electron chi connectivity index (χ1n) is 5.60. The normalized spacial score (nSPS) is 28.9. The summed E-state index contributed by atoms with van der Waals surface area (Å²) in [4.78, 5) is 11.5. The molecule has 2 fully saturated rings. The zero-order chi connectivity index (χ0) is 10.4. The molecule has 2 saturated carbocycles. The molecular weight excluding hydrogens is 190 g/mol. The van der Waals surface area contributed by atoms with Gasteiger partial charge in [-0.1, -0.05) is 6.92 Å². The molecule has 1 amide bonds. The summed E-state index contributed by atoms with van der Waals surface area (Å²) in [5.41, 5.74) is 1.16. The monoisotopic (exact) mass is 205 g/mol. The molecule has 1 aromatic heterocycles. The summed E-state index contributed by atoms with van der Waals surface area (Å²) in [6.07, 6.45) is 3.30. The Morgan fingerprint density at radius 2 is 2.33 bits per heavy atom. The summed E-state index contributed by atoms with van der Waals surface area (Å²) in [7, 11) is 0. The van der Waals surface area contributed by atoms with E-state index in [0.717, 1.165) is 24.5 Å². The lowest BCUT2D eigenvalue weighted by Crippen LogP contribution is -2.13. The van der Waals surface area contributed by atoms with Crippen molar-refractivity contribution in [3.05, 3.63) is 11.8 Å². The first kappa shape index (κ1) is 8.95. The third kappa shape index (κ3) is 1.76. The molecule has 0 aliphatic heterocycles. The molecule has 2 atom stereocenters. The molecule has 1 aromatic rings. The number of anilines is 1. The minimum Gasteiger partial charge on any atom is -0.309 e. The number of H-pyrrole nitrogens is 1. The second-order valence-corrected chi connectivity index (χ2v) is 4.79. The van der Waals surface area contributed by atoms with E-state index >= 15 is 0 Å². The predicted octanol–water partition coefficient (Wildman–Crippen LogP) is 1.88. The lowest BCUT2D eigenvalue weighted by molar-refractivity contribution is -0.117. The third-order valence-corrected chi connectivity index (χ3v) is 3.31. The molecule has 0 aromatic carbocycles. The molecular formula is C11H15N3O. The van der Waals surface area contributed by atoms with Gasteiger partial charge in [-0.3, -0.25) is 9.89 Å². The van der Waals surface area contributed by atoms with E-state index in [4.69, 9.17) is 0 Å². The summed E-state index contributed by atoms with van der Waals surface area (Å²) < 4.78 is 0. The molecule has 1 heterocycles. The van der Waals surface area contributed by atoms with Crippen LogP contribution in [0.4, 0.5) is 5.82 Å². The van der Waals surface area contributed by atoms with Crippen LogP contribution in [-0.4, -0.2) is 16.1 Å². The van der Waals surface area contributed by atoms with Crippen molar-refractivity contribution in [3.8, 4) is 0 Å². The second-order valence-electron chi connectivity index (χ2n) is 4.79. The van der Waals surface area contributed by atoms with Crippen molar-refractivity contribution < 1.29 is 4.79 Å². The minimum atomic E-state index is 0.122. The Kier molecular flexibility index (Phi) is 1.84. The van der Waals surface area contributed by atoms with Gasteiger partial charge in [0, 0.05) is 23.6 Å². The number of aromatic nitrogens is 2. The number of rotatable bonds is 3. The van der Waals surface area contributed by atoms with E-state index in [1.165, 1.54) is 6.42 Å². The van der Waals surface area contributed by atoms with E-state index in [-0.39, 0.29) is 11.8 Å². The first-order chi connectivity index (χ1) is 7.24. The number of hydrogen-bond acceptors (Lipinski definition) is 2. The standard InChI is InChI=1S/C11H15N3O/c1-6-4-8(6)9-5-10(14-13-9)12-11(15)7-2-3-7/h5-8H,2-4H2,1H3,(H2,12,13,14,15). The topological polar surface area (TPSA) is 57.8 Å². The molecule has 2 N–H and O–H groups in total. The largest absolute Gasteiger partial charge is 0.309 e. The van der Waals surface area contributed by atoms with E-state index in [1.54, 1.807) is 0 Å². The van der Waals surface area contributed by atoms with Crippen LogP contribution in [0.3, 0.4) is 0 Å². The maximum atomic E-state index is 11.5. The summed E-state index contributed by atoms with van der Waals surface area (Å²) in [5, 5.41) is 9.94. The van der Waals surface area contributed by atoms with Gasteiger partial charge < -0.3 is 5.32 Å². The van der Waals surface area contributed by atoms with Crippen molar-refractivity contribution >= 4 is 11.7 Å². The van der Waals surface area contributed by atoms with Crippen LogP contribution in [0.25, 0.3) is 0 Å². The van der Waals surface area contributed by atoms with E-state index in [1.807, 2.05) is 6.07 Å². The van der Waals surface area contributed by atoms with Crippen molar-refractivity contribution in [1.29, 1.82) is 0 Å². The molecule has 0 bridgehead atoms. The maximum Gasteiger partial charge on any atom is 0.228 e. The molecule has 4 nitrogen and oxygen atoms in total. The van der Waals surface area contributed by atoms with E-state index in [2.05, 4.69) is 22.4 Å². The molecule has 4 heteroatoms. The van der Waals surface area contributed by atoms with Crippen molar-refractivity contribution in [2.24, 2.45) is 11.8 Å². The van der Waals surface area contributed by atoms with Gasteiger partial charge in [0.2, 0.25) is 5.91 Å². The van der Waals surface area contributed by atoms with Crippen LogP contribution in [-0.2, 0) is 4.79 Å². The number of amides is 1. The van der Waals surface area contributed by atoms with Gasteiger partial charge in [-0.2, -0.15) is 5.10 Å². The van der Waals surface area contributed by atoms with Crippen LogP contribution in [0.5, 0.6) is 0 Å². The first-order valence-corrected chi connectivity index (χ1v) is 5.60. The molecule has 0 saturated heterocycles. The second kappa shape index (κ2) is 3.08. The number of hydrogen-bond donors (Lipinski definition) is 2. The van der Waals surface area contributed by atoms with Gasteiger partial charge in [0.15, 0.2) is 5.82 Å². The fourth-order valence-electron chi connectivity index (χ4n) is 1.92. The average Bonchev–Trinajstić information content (AvgIpc) is 3.10. The van der Waals surface area contributed by atoms with Crippen LogP contribution < -0.4 is 5.32 Å². The van der Waals surface area contributed by atoms with Gasteiger partial charge in [0.25, 0.3) is 0 Å². The molecule has 3 rings (SSSR count). The van der Waals surface area contributed by atoms with E-state index in [0.29, 0.717) is 11.7 Å². The van der Waals surface area contributed by atoms with E-state index in [9.17, 15) is 4.79 Å². The quantitative estimate of drug-likeness (QED) is 0.791. The van der Waals surface area contributed by atoms with Gasteiger partial charge in [0.05, 0.1) is 0 Å². The molecule has 2 unspecified atom stereocenters. The molecule has 80 valence electrons. The molecule has 15 heavy (non-hydrogen) atoms. The van der Waals surface area contributed by atoms with Gasteiger partial charge in [-0.25, -0.2) is 0 Å². The Morgan fingerprint density at radius 1 is 1.60 bits per heavy atom. The average molecular weight is 205 g/mol. The minimum absolute atomic E-state index is 0.122. The smallest absolute Gasteiger partial charge is 0.228 e. The predicted molar refractivity (Wildman–Crippen MR) is 56.5 cm³/mol. The number of carbonyl (C=O) groups is 1. The summed E-state index contributed by atoms with van der Waals surface area (Å²) in [6.45, 7) is 2.23. The Morgan fingerprint density at radius 3 is 2.93 bits per heavy atom. The summed E-state index contributed by atoms with van der Waals surface area (Å²) in [6, 6.07) is 1.97. The number of nitrogens with one attached hydrogen (secondary N) is 2. The third-order valence-electron chi connectivity index (χ3n) is 3.31. The van der Waals surface area contributed by atoms with Gasteiger partial charge in [-0.05, 0) is 25.2 Å². The number of aromatic amines is 1. The van der Waals surface area contributed by atoms with Crippen molar-refractivity contribution in [2.45, 2.75) is 32.1 Å². The Labute approximate surface area is 88.4 Å². The van der Waals surface area contributed by atoms with Gasteiger partial charge >= 0.3 is 0 Å². The highest BCUT2D eigenvalue weighted by molar-refractivity contribution is 5.93. The van der Waals surface area contributed by atoms with Gasteiger partial charge in [0.1, 0.15) is 0 Å². The van der Waals surface area contributed by atoms with E-state index < -0.39 is 0 Å². The number of carbonyl (C=O) groups excluding carboxylic acids is 1.